The quantitative estimate of drug-likeness (QED) is 0.435. The number of carbonyl (C=O) groups excluding carboxylic acids is 2. The molecule has 0 aliphatic heterocycles. The number of sulfonamides is 1. The number of anilines is 1. The van der Waals surface area contributed by atoms with E-state index >= 15 is 0 Å². The molecule has 2 rings (SSSR count). The lowest BCUT2D eigenvalue weighted by Crippen LogP contribution is -2.49. The molecule has 8 nitrogen and oxygen atoms in total. The summed E-state index contributed by atoms with van der Waals surface area (Å²) < 4.78 is 31.4. The zero-order valence-corrected chi connectivity index (χ0v) is 23.0. The van der Waals surface area contributed by atoms with Crippen LogP contribution in [-0.4, -0.2) is 57.1 Å². The molecule has 0 aromatic heterocycles. The molecule has 9 heteroatoms. The summed E-state index contributed by atoms with van der Waals surface area (Å²) in [6.45, 7) is 8.05. The summed E-state index contributed by atoms with van der Waals surface area (Å²) in [5.74, 6) is 0.128. The van der Waals surface area contributed by atoms with Crippen LogP contribution in [0.5, 0.6) is 5.75 Å². The number of rotatable bonds is 13. The fraction of sp³-hybridized carbons (Fsp3) is 0.481. The van der Waals surface area contributed by atoms with Crippen LogP contribution in [0.1, 0.15) is 51.2 Å². The zero-order valence-electron chi connectivity index (χ0n) is 22.2. The Morgan fingerprint density at radius 1 is 1.08 bits per heavy atom. The molecule has 0 fully saturated rings. The van der Waals surface area contributed by atoms with Crippen molar-refractivity contribution in [2.24, 2.45) is 0 Å². The van der Waals surface area contributed by atoms with Crippen LogP contribution in [0.2, 0.25) is 0 Å². The van der Waals surface area contributed by atoms with Crippen LogP contribution < -0.4 is 14.4 Å². The smallest absolute Gasteiger partial charge is 0.242 e. The van der Waals surface area contributed by atoms with Crippen LogP contribution in [0.25, 0.3) is 0 Å². The lowest BCUT2D eigenvalue weighted by molar-refractivity contribution is -0.140. The number of nitrogens with one attached hydrogen (secondary N) is 1. The van der Waals surface area contributed by atoms with E-state index in [4.69, 9.17) is 4.74 Å². The fourth-order valence-electron chi connectivity index (χ4n) is 3.71. The van der Waals surface area contributed by atoms with Gasteiger partial charge < -0.3 is 15.0 Å². The van der Waals surface area contributed by atoms with E-state index in [1.165, 1.54) is 11.4 Å². The molecule has 0 unspecified atom stereocenters. The molecule has 0 heterocycles. The van der Waals surface area contributed by atoms with E-state index in [2.05, 4.69) is 5.32 Å². The number of hydrogen-bond acceptors (Lipinski definition) is 5. The number of aryl methyl sites for hydroxylation is 1. The van der Waals surface area contributed by atoms with Crippen LogP contribution in [0.3, 0.4) is 0 Å². The third-order valence-electron chi connectivity index (χ3n) is 6.14. The second-order valence-corrected chi connectivity index (χ2v) is 11.0. The molecule has 1 N–H and O–H groups in total. The van der Waals surface area contributed by atoms with Gasteiger partial charge in [0.05, 0.1) is 19.1 Å². The number of benzene rings is 2. The van der Waals surface area contributed by atoms with Gasteiger partial charge in [-0.05, 0) is 51.3 Å². The molecule has 36 heavy (non-hydrogen) atoms. The Kier molecular flexibility index (Phi) is 10.8. The van der Waals surface area contributed by atoms with Gasteiger partial charge in [0.25, 0.3) is 0 Å². The highest BCUT2D eigenvalue weighted by Gasteiger charge is 2.27. The van der Waals surface area contributed by atoms with E-state index in [1.54, 1.807) is 36.1 Å². The Morgan fingerprint density at radius 3 is 2.33 bits per heavy atom. The molecule has 2 amide bonds. The van der Waals surface area contributed by atoms with E-state index < -0.39 is 16.1 Å². The third-order valence-corrected chi connectivity index (χ3v) is 7.33. The Balaban J connectivity index is 2.17. The molecule has 2 aromatic carbocycles. The van der Waals surface area contributed by atoms with Gasteiger partial charge in [-0.2, -0.15) is 0 Å². The van der Waals surface area contributed by atoms with Gasteiger partial charge in [-0.15, -0.1) is 0 Å². The van der Waals surface area contributed by atoms with E-state index in [0.29, 0.717) is 24.4 Å². The summed E-state index contributed by atoms with van der Waals surface area (Å²) in [7, 11) is -2.05. The molecule has 0 spiro atoms. The maximum atomic E-state index is 13.3. The van der Waals surface area contributed by atoms with Gasteiger partial charge in [0.15, 0.2) is 0 Å². The number of nitrogens with zero attached hydrogens (tertiary/aromatic N) is 2. The minimum absolute atomic E-state index is 0.00228. The average Bonchev–Trinajstić information content (AvgIpc) is 2.84. The zero-order chi connectivity index (χ0) is 26.9. The molecule has 198 valence electrons. The SMILES string of the molecule is CC[C@H](C)NC(=O)[C@@H](C)N(Cc1ccc(C)cc1)C(=O)CCCN(c1cccc(OC)c1)S(C)(=O)=O. The summed E-state index contributed by atoms with van der Waals surface area (Å²) in [4.78, 5) is 27.8. The van der Waals surface area contributed by atoms with E-state index in [-0.39, 0.29) is 30.8 Å². The monoisotopic (exact) mass is 517 g/mol. The van der Waals surface area contributed by atoms with Crippen molar-refractivity contribution in [1.82, 2.24) is 10.2 Å². The van der Waals surface area contributed by atoms with Crippen LogP contribution in [-0.2, 0) is 26.2 Å². The van der Waals surface area contributed by atoms with Gasteiger partial charge in [-0.1, -0.05) is 42.8 Å². The van der Waals surface area contributed by atoms with Gasteiger partial charge in [-0.25, -0.2) is 8.42 Å². The van der Waals surface area contributed by atoms with Crippen molar-refractivity contribution in [1.29, 1.82) is 0 Å². The Hall–Kier alpha value is -3.07. The van der Waals surface area contributed by atoms with E-state index in [1.807, 2.05) is 45.0 Å². The number of carbonyl (C=O) groups is 2. The van der Waals surface area contributed by atoms with Crippen LogP contribution in [0.4, 0.5) is 5.69 Å². The van der Waals surface area contributed by atoms with Gasteiger partial charge >= 0.3 is 0 Å². The molecule has 0 aliphatic rings. The highest BCUT2D eigenvalue weighted by molar-refractivity contribution is 7.92. The number of methoxy groups -OCH3 is 1. The lowest BCUT2D eigenvalue weighted by atomic mass is 10.1. The van der Waals surface area contributed by atoms with E-state index in [0.717, 1.165) is 23.8 Å². The minimum atomic E-state index is -3.57. The highest BCUT2D eigenvalue weighted by atomic mass is 32.2. The second-order valence-electron chi connectivity index (χ2n) is 9.14. The molecule has 0 bridgehead atoms. The second kappa shape index (κ2) is 13.3. The fourth-order valence-corrected chi connectivity index (χ4v) is 4.67. The summed E-state index contributed by atoms with van der Waals surface area (Å²) in [5, 5.41) is 2.95. The molecule has 0 saturated heterocycles. The first-order valence-corrected chi connectivity index (χ1v) is 14.1. The van der Waals surface area contributed by atoms with Crippen molar-refractivity contribution in [3.63, 3.8) is 0 Å². The summed E-state index contributed by atoms with van der Waals surface area (Å²) in [5.41, 5.74) is 2.51. The predicted molar refractivity (Wildman–Crippen MR) is 144 cm³/mol. The summed E-state index contributed by atoms with van der Waals surface area (Å²) in [6, 6.07) is 14.0. The average molecular weight is 518 g/mol. The first kappa shape index (κ1) is 29.2. The van der Waals surface area contributed by atoms with Crippen molar-refractivity contribution in [3.8, 4) is 5.75 Å². The van der Waals surface area contributed by atoms with Crippen molar-refractivity contribution in [2.75, 3.05) is 24.2 Å². The summed E-state index contributed by atoms with van der Waals surface area (Å²) >= 11 is 0. The standard InChI is InChI=1S/C27H39N3O5S/c1-7-21(3)28-27(32)22(4)29(19-23-15-13-20(2)14-16-23)26(31)12-9-17-30(36(6,33)34)24-10-8-11-25(18-24)35-5/h8,10-11,13-16,18,21-22H,7,9,12,17,19H2,1-6H3,(H,28,32)/t21-,22+/m0/s1. The number of amides is 2. The first-order valence-electron chi connectivity index (χ1n) is 12.2. The van der Waals surface area contributed by atoms with Crippen molar-refractivity contribution < 1.29 is 22.7 Å². The van der Waals surface area contributed by atoms with Gasteiger partial charge in [0.2, 0.25) is 21.8 Å². The normalized spacial score (nSPS) is 12.9. The van der Waals surface area contributed by atoms with E-state index in [9.17, 15) is 18.0 Å². The topological polar surface area (TPSA) is 96.0 Å². The predicted octanol–water partition coefficient (Wildman–Crippen LogP) is 3.88. The lowest BCUT2D eigenvalue weighted by Gasteiger charge is -2.30. The molecule has 2 atom stereocenters. The molecule has 0 aliphatic carbocycles. The maximum Gasteiger partial charge on any atom is 0.242 e. The number of hydrogen-bond donors (Lipinski definition) is 1. The number of ether oxygens (including phenoxy) is 1. The van der Waals surface area contributed by atoms with Crippen LogP contribution in [0, 0.1) is 6.92 Å². The highest BCUT2D eigenvalue weighted by Crippen LogP contribution is 2.24. The summed E-state index contributed by atoms with van der Waals surface area (Å²) in [6.07, 6.45) is 2.32. The molecule has 0 saturated carbocycles. The Labute approximate surface area is 215 Å². The van der Waals surface area contributed by atoms with Crippen LogP contribution in [0.15, 0.2) is 48.5 Å². The molecule has 0 radical (unpaired) electrons. The van der Waals surface area contributed by atoms with Gasteiger partial charge in [-0.3, -0.25) is 13.9 Å². The third kappa shape index (κ3) is 8.55. The van der Waals surface area contributed by atoms with Crippen molar-refractivity contribution in [3.05, 3.63) is 59.7 Å². The molecular formula is C27H39N3O5S. The van der Waals surface area contributed by atoms with Crippen molar-refractivity contribution in [2.45, 2.75) is 65.6 Å². The molecular weight excluding hydrogens is 478 g/mol. The van der Waals surface area contributed by atoms with Gasteiger partial charge in [0, 0.05) is 31.6 Å². The Bertz CT molecular complexity index is 1120. The largest absolute Gasteiger partial charge is 0.497 e. The maximum absolute atomic E-state index is 13.3. The van der Waals surface area contributed by atoms with Crippen LogP contribution >= 0.6 is 0 Å². The van der Waals surface area contributed by atoms with Gasteiger partial charge in [0.1, 0.15) is 11.8 Å². The first-order chi connectivity index (χ1) is 17.0. The minimum Gasteiger partial charge on any atom is -0.497 e. The van der Waals surface area contributed by atoms with Crippen molar-refractivity contribution >= 4 is 27.5 Å². The molecule has 2 aromatic rings. The Morgan fingerprint density at radius 2 is 1.75 bits per heavy atom.